The zero-order chi connectivity index (χ0) is 104. The largest absolute Gasteiger partial charge is 0.395 e. The van der Waals surface area contributed by atoms with Crippen LogP contribution >= 0.6 is 0 Å². The first-order valence-corrected chi connectivity index (χ1v) is 49.8. The van der Waals surface area contributed by atoms with Crippen molar-refractivity contribution in [1.82, 2.24) is 67.5 Å². The normalized spacial score (nSPS) is 26.3. The fraction of sp³-hybridized carbons (Fsp3) is 0.868. The highest BCUT2D eigenvalue weighted by molar-refractivity contribution is 5.88. The molecule has 0 unspecified atom stereocenters. The number of rotatable bonds is 74. The lowest BCUT2D eigenvalue weighted by Crippen LogP contribution is -2.59. The first-order valence-electron chi connectivity index (χ1n) is 49.8. The van der Waals surface area contributed by atoms with Crippen LogP contribution in [0.5, 0.6) is 0 Å². The van der Waals surface area contributed by atoms with E-state index in [-0.39, 0.29) is 245 Å². The summed E-state index contributed by atoms with van der Waals surface area (Å²) in [5.74, 6) is -4.88. The van der Waals surface area contributed by atoms with Gasteiger partial charge in [-0.15, -0.1) is 0 Å². The van der Waals surface area contributed by atoms with Gasteiger partial charge in [0, 0.05) is 130 Å². The summed E-state index contributed by atoms with van der Waals surface area (Å²) in [7, 11) is 0. The van der Waals surface area contributed by atoms with Gasteiger partial charge in [0.05, 0.1) is 135 Å². The summed E-state index contributed by atoms with van der Waals surface area (Å²) in [6.45, 7) is 0.465. The van der Waals surface area contributed by atoms with Crippen LogP contribution in [-0.4, -0.2) is 491 Å². The number of hydrogen-bond acceptors (Lipinski definition) is 40. The molecular formula is C91H163N13O38. The fourth-order valence-corrected chi connectivity index (χ4v) is 16.1. The van der Waals surface area contributed by atoms with E-state index < -0.39 is 196 Å². The van der Waals surface area contributed by atoms with Crippen molar-refractivity contribution in [2.75, 3.05) is 177 Å². The third kappa shape index (κ3) is 49.9. The van der Waals surface area contributed by atoms with Gasteiger partial charge in [-0.2, -0.15) is 0 Å². The van der Waals surface area contributed by atoms with Crippen LogP contribution in [0.3, 0.4) is 0 Å². The van der Waals surface area contributed by atoms with Gasteiger partial charge in [-0.05, 0) is 104 Å². The van der Waals surface area contributed by atoms with Gasteiger partial charge in [0.1, 0.15) is 79.0 Å². The Morgan fingerprint density at radius 3 is 1.01 bits per heavy atom. The molecule has 5 fully saturated rings. The van der Waals surface area contributed by atoms with E-state index in [9.17, 15) is 139 Å². The Kier molecular flexibility index (Phi) is 62.9. The fourth-order valence-electron chi connectivity index (χ4n) is 16.1. The maximum atomic E-state index is 13.7. The minimum Gasteiger partial charge on any atom is -0.395 e. The van der Waals surface area contributed by atoms with Crippen molar-refractivity contribution in [2.45, 2.75) is 329 Å². The predicted molar refractivity (Wildman–Crippen MR) is 498 cm³/mol. The minimum atomic E-state index is -1.72. The molecule has 51 heteroatoms. The smallest absolute Gasteiger partial charge is 0.242 e. The van der Waals surface area contributed by atoms with Crippen molar-refractivity contribution in [3.05, 3.63) is 0 Å². The number of aliphatic hydroxyl groups is 16. The molecule has 51 nitrogen and oxygen atoms in total. The molecule has 0 spiro atoms. The molecule has 0 aromatic heterocycles. The number of Topliss-reactive ketones (excluding diaryl/α,β-unsaturated/α-hetero) is 1. The molecule has 0 bridgehead atoms. The molecule has 23 atom stereocenters. The summed E-state index contributed by atoms with van der Waals surface area (Å²) in [6.07, 6.45) is -18.6. The van der Waals surface area contributed by atoms with Gasteiger partial charge in [-0.1, -0.05) is 32.1 Å². The average molecular weight is 2050 g/mol. The van der Waals surface area contributed by atoms with E-state index in [1.165, 1.54) is 26.5 Å². The molecule has 142 heavy (non-hydrogen) atoms. The maximum Gasteiger partial charge on any atom is 0.242 e. The van der Waals surface area contributed by atoms with E-state index in [1.807, 2.05) is 0 Å². The topological polar surface area (TPSA) is 742 Å². The maximum absolute atomic E-state index is 13.7. The first-order chi connectivity index (χ1) is 67.9. The summed E-state index contributed by atoms with van der Waals surface area (Å²) >= 11 is 0. The quantitative estimate of drug-likeness (QED) is 0.0251. The van der Waals surface area contributed by atoms with E-state index in [0.717, 1.165) is 0 Å². The van der Waals surface area contributed by atoms with Crippen molar-refractivity contribution in [2.24, 2.45) is 0 Å². The van der Waals surface area contributed by atoms with E-state index in [2.05, 4.69) is 47.9 Å². The molecule has 0 saturated carbocycles. The Bertz CT molecular complexity index is 3590. The summed E-state index contributed by atoms with van der Waals surface area (Å²) < 4.78 is 55.4. The number of amides is 11. The second-order valence-corrected chi connectivity index (χ2v) is 36.5. The van der Waals surface area contributed by atoms with E-state index in [4.69, 9.17) is 47.4 Å². The highest BCUT2D eigenvalue weighted by atomic mass is 16.7. The van der Waals surface area contributed by atoms with Crippen LogP contribution in [0.2, 0.25) is 0 Å². The number of hydrogen-bond donors (Lipinski definition) is 25. The number of carbonyl (C=O) groups is 12. The molecule has 5 rings (SSSR count). The highest BCUT2D eigenvalue weighted by Gasteiger charge is 2.47. The first kappa shape index (κ1) is 125. The number of ketones is 1. The Labute approximate surface area is 827 Å². The summed E-state index contributed by atoms with van der Waals surface area (Å²) in [5.41, 5.74) is 0. The Morgan fingerprint density at radius 1 is 0.310 bits per heavy atom. The standard InChI is InChI=1S/C91H163N13O38/c1-57(109)21-12-13-24-68(114)100-61(22-14-20-31-92-67(113)23-9-6-17-28-94-72(118)51-102(52-73(119)97-33-40-133-87-77(123)62(110)45-58(2)138-87)53-74(120)98-34-41-134-88-78(124)63(111)46-59(3)139-88)86(132)99-32-16-5-4-15-27-93-69(115)48-101(49-70(116)95-29-18-7-10-25-75(121)103(35-39-105)36-42-136-90-84(130)82(128)80(126)65(55-107)141-90)50-71(117)96-30-19-8-11-26-76(122)104(37-43-135-89-79(125)64(112)47-60(54-106)140-89)38-44-137-91-85(131)83(129)81(127)66(56-108)142-91/h58-66,77-85,87-91,105-108,110-112,123-131H,4-56H2,1-3H3,(H,92,113)(H,93,115)(H,94,118)(H,95,116)(H,96,117)(H,97,119)(H,98,120)(H,99,132)(H,100,114)/t58-,59-,60-,61-,62+,63+,64-,65+,66+,77-,78-,79-,80+,81+,82-,83-,84-,85-,87+,88+,89-,90-,91-/m0/s1. The van der Waals surface area contributed by atoms with Gasteiger partial charge < -0.3 is 192 Å². The van der Waals surface area contributed by atoms with E-state index in [1.54, 1.807) is 13.8 Å². The zero-order valence-electron chi connectivity index (χ0n) is 82.2. The van der Waals surface area contributed by atoms with Crippen LogP contribution in [0, 0.1) is 0 Å². The number of aliphatic hydroxyl groups excluding tert-OH is 16. The molecule has 25 N–H and O–H groups in total. The van der Waals surface area contributed by atoms with Gasteiger partial charge >= 0.3 is 0 Å². The average Bonchev–Trinajstić information content (AvgIpc) is 0.818. The third-order valence-corrected chi connectivity index (χ3v) is 24.2. The lowest BCUT2D eigenvalue weighted by atomic mass is 9.99. The molecule has 5 aliphatic rings. The number of carbonyl (C=O) groups excluding carboxylic acids is 12. The molecule has 0 aromatic carbocycles. The number of nitrogens with one attached hydrogen (secondary N) is 9. The van der Waals surface area contributed by atoms with Gasteiger partial charge in [0.15, 0.2) is 31.5 Å². The Balaban J connectivity index is 1.05. The third-order valence-electron chi connectivity index (χ3n) is 24.2. The van der Waals surface area contributed by atoms with Crippen LogP contribution in [0.15, 0.2) is 0 Å². The van der Waals surface area contributed by atoms with Gasteiger partial charge in [-0.25, -0.2) is 0 Å². The Morgan fingerprint density at radius 2 is 0.627 bits per heavy atom. The molecule has 0 radical (unpaired) electrons. The molecule has 0 aromatic rings. The lowest BCUT2D eigenvalue weighted by molar-refractivity contribution is -0.301. The van der Waals surface area contributed by atoms with Crippen LogP contribution in [0.4, 0.5) is 0 Å². The molecular weight excluding hydrogens is 1880 g/mol. The van der Waals surface area contributed by atoms with Crippen molar-refractivity contribution < 1.29 is 187 Å². The lowest BCUT2D eigenvalue weighted by Gasteiger charge is -2.39. The van der Waals surface area contributed by atoms with Crippen molar-refractivity contribution in [3.8, 4) is 0 Å². The molecule has 0 aliphatic carbocycles. The molecule has 11 amide bonds. The minimum absolute atomic E-state index is 0.0142. The Hall–Kier alpha value is -7.28. The van der Waals surface area contributed by atoms with E-state index in [0.29, 0.717) is 116 Å². The van der Waals surface area contributed by atoms with Crippen molar-refractivity contribution >= 4 is 70.8 Å². The SMILES string of the molecule is CC(=O)CCCCC(=O)N[C@@H](CCCCNC(=O)CCCCCNC(=O)CN(CC(=O)NCCO[C@@H]1O[C@@H](C)C[C@@H](O)[C@@H]1O)CC(=O)NCCO[C@@H]1O[C@@H](C)C[C@@H](O)[C@@H]1O)C(=O)NCCCCCCNC(=O)CN(CC(=O)NCCCCCC(=O)N(CCO)CCO[C@H]1O[C@H](CO)[C@@H](O)[C@H](O)[C@@H]1O)CC(=O)NCCCCCC(=O)N(CCO[C@H]1O[C@H](CO)[C@@H](O)[C@H](O)[C@@H]1O)CCO[C@H]1O[C@H](CO)C[C@H](O)[C@@H]1O. The van der Waals surface area contributed by atoms with Gasteiger partial charge in [-0.3, -0.25) is 62.5 Å². The molecule has 820 valence electrons. The second-order valence-electron chi connectivity index (χ2n) is 36.5. The summed E-state index contributed by atoms with van der Waals surface area (Å²) in [4.78, 5) is 164. The predicted octanol–water partition coefficient (Wildman–Crippen LogP) is -9.56. The van der Waals surface area contributed by atoms with Crippen molar-refractivity contribution in [3.63, 3.8) is 0 Å². The number of ether oxygens (including phenoxy) is 10. The molecule has 5 heterocycles. The van der Waals surface area contributed by atoms with Crippen LogP contribution in [0.25, 0.3) is 0 Å². The van der Waals surface area contributed by atoms with Crippen molar-refractivity contribution in [1.29, 1.82) is 0 Å². The highest BCUT2D eigenvalue weighted by Crippen LogP contribution is 2.27. The zero-order valence-corrected chi connectivity index (χ0v) is 82.2. The van der Waals surface area contributed by atoms with Crippen LogP contribution in [-0.2, 0) is 105 Å². The van der Waals surface area contributed by atoms with Gasteiger partial charge in [0.2, 0.25) is 65.0 Å². The number of unbranched alkanes of at least 4 members (excludes halogenated alkanes) is 11. The monoisotopic (exact) mass is 2050 g/mol. The van der Waals surface area contributed by atoms with Crippen LogP contribution in [0.1, 0.15) is 188 Å². The number of nitrogens with zero attached hydrogens (tertiary/aromatic N) is 4. The second kappa shape index (κ2) is 71.3. The van der Waals surface area contributed by atoms with Gasteiger partial charge in [0.25, 0.3) is 0 Å². The van der Waals surface area contributed by atoms with E-state index >= 15 is 0 Å². The summed E-state index contributed by atoms with van der Waals surface area (Å²) in [6, 6.07) is -0.903. The molecule has 5 saturated heterocycles. The van der Waals surface area contributed by atoms with Crippen LogP contribution < -0.4 is 47.9 Å². The summed E-state index contributed by atoms with van der Waals surface area (Å²) in [5, 5.41) is 187. The molecule has 5 aliphatic heterocycles.